The van der Waals surface area contributed by atoms with Crippen LogP contribution < -0.4 is 0 Å². The second-order valence-corrected chi connectivity index (χ2v) is 6.49. The Hall–Kier alpha value is -3.55. The summed E-state index contributed by atoms with van der Waals surface area (Å²) in [5, 5.41) is 4.32. The Morgan fingerprint density at radius 1 is 1.25 bits per heavy atom. The molecule has 3 aromatic rings. The molecule has 3 heterocycles. The maximum atomic E-state index is 12.7. The Labute approximate surface area is 160 Å². The molecule has 142 valence electrons. The van der Waals surface area contributed by atoms with Gasteiger partial charge in [0.25, 0.3) is 11.6 Å². The fraction of sp³-hybridized carbons (Fsp3) is 0.250. The number of rotatable bonds is 4. The third-order valence-electron chi connectivity index (χ3n) is 4.61. The molecule has 2 aromatic heterocycles. The average molecular weight is 379 g/mol. The zero-order valence-corrected chi connectivity index (χ0v) is 15.2. The van der Waals surface area contributed by atoms with Gasteiger partial charge >= 0.3 is 5.97 Å². The number of hydrogen-bond donors (Lipinski definition) is 0. The molecule has 4 rings (SSSR count). The summed E-state index contributed by atoms with van der Waals surface area (Å²) >= 11 is 0. The highest BCUT2D eigenvalue weighted by molar-refractivity contribution is 6.05. The van der Waals surface area contributed by atoms with Gasteiger partial charge in [0.15, 0.2) is 6.61 Å². The van der Waals surface area contributed by atoms with Crippen LogP contribution in [0.2, 0.25) is 0 Å². The summed E-state index contributed by atoms with van der Waals surface area (Å²) in [6, 6.07) is 10.9. The van der Waals surface area contributed by atoms with E-state index in [2.05, 4.69) is 10.1 Å². The highest BCUT2D eigenvalue weighted by Gasteiger charge is 2.28. The van der Waals surface area contributed by atoms with Crippen LogP contribution >= 0.6 is 0 Å². The van der Waals surface area contributed by atoms with Crippen LogP contribution in [-0.2, 0) is 14.3 Å². The molecule has 0 atom stereocenters. The lowest BCUT2D eigenvalue weighted by Gasteiger charge is -2.13. The minimum absolute atomic E-state index is 0.211. The molecule has 0 bridgehead atoms. The van der Waals surface area contributed by atoms with Gasteiger partial charge in [0.1, 0.15) is 0 Å². The molecule has 1 fully saturated rings. The number of carbonyl (C=O) groups excluding carboxylic acids is 3. The standard InChI is InChI=1S/C20H17N3O5/c1-12-18-14(20(26)27-11-17(25)23-9-5-8-16(23)24)10-15(21-19(18)28-22-12)13-6-3-2-4-7-13/h2-4,6-7,10H,5,8-9,11H2,1H3. The summed E-state index contributed by atoms with van der Waals surface area (Å²) in [6.45, 7) is 1.55. The van der Waals surface area contributed by atoms with E-state index in [1.54, 1.807) is 13.0 Å². The summed E-state index contributed by atoms with van der Waals surface area (Å²) < 4.78 is 10.4. The second kappa shape index (κ2) is 7.22. The van der Waals surface area contributed by atoms with Crippen molar-refractivity contribution in [1.29, 1.82) is 0 Å². The molecule has 28 heavy (non-hydrogen) atoms. The molecule has 2 amide bonds. The van der Waals surface area contributed by atoms with Crippen molar-refractivity contribution in [2.45, 2.75) is 19.8 Å². The largest absolute Gasteiger partial charge is 0.452 e. The third-order valence-corrected chi connectivity index (χ3v) is 4.61. The number of aromatic nitrogens is 2. The number of imide groups is 1. The molecule has 1 aliphatic rings. The van der Waals surface area contributed by atoms with Gasteiger partial charge in [0.2, 0.25) is 5.91 Å². The van der Waals surface area contributed by atoms with Gasteiger partial charge in [-0.15, -0.1) is 0 Å². The minimum Gasteiger partial charge on any atom is -0.452 e. The molecular weight excluding hydrogens is 362 g/mol. The monoisotopic (exact) mass is 379 g/mol. The van der Waals surface area contributed by atoms with Crippen molar-refractivity contribution in [3.8, 4) is 11.3 Å². The van der Waals surface area contributed by atoms with Gasteiger partial charge < -0.3 is 9.26 Å². The number of aryl methyl sites for hydroxylation is 1. The first-order valence-corrected chi connectivity index (χ1v) is 8.87. The Balaban J connectivity index is 1.63. The normalized spacial score (nSPS) is 13.9. The van der Waals surface area contributed by atoms with E-state index in [1.807, 2.05) is 30.3 Å². The predicted octanol–water partition coefficient (Wildman–Crippen LogP) is 2.50. The number of benzene rings is 1. The Kier molecular flexibility index (Phi) is 4.60. The average Bonchev–Trinajstić information content (AvgIpc) is 3.31. The van der Waals surface area contributed by atoms with E-state index in [9.17, 15) is 14.4 Å². The Morgan fingerprint density at radius 3 is 2.75 bits per heavy atom. The lowest BCUT2D eigenvalue weighted by molar-refractivity contribution is -0.143. The highest BCUT2D eigenvalue weighted by Crippen LogP contribution is 2.27. The van der Waals surface area contributed by atoms with Crippen LogP contribution in [0.4, 0.5) is 0 Å². The summed E-state index contributed by atoms with van der Waals surface area (Å²) in [4.78, 5) is 42.1. The SMILES string of the molecule is Cc1noc2nc(-c3ccccc3)cc(C(=O)OCC(=O)N3CCCC3=O)c12. The van der Waals surface area contributed by atoms with Gasteiger partial charge in [-0.1, -0.05) is 35.5 Å². The van der Waals surface area contributed by atoms with E-state index < -0.39 is 18.5 Å². The molecule has 8 heteroatoms. The van der Waals surface area contributed by atoms with Crippen molar-refractivity contribution in [2.24, 2.45) is 0 Å². The molecule has 0 unspecified atom stereocenters. The first kappa shape index (κ1) is 17.8. The Morgan fingerprint density at radius 2 is 2.04 bits per heavy atom. The molecule has 0 radical (unpaired) electrons. The molecular formula is C20H17N3O5. The zero-order chi connectivity index (χ0) is 19.7. The van der Waals surface area contributed by atoms with Gasteiger partial charge in [-0.05, 0) is 19.4 Å². The van der Waals surface area contributed by atoms with Crippen LogP contribution in [0.1, 0.15) is 28.9 Å². The van der Waals surface area contributed by atoms with Crippen LogP contribution in [0.3, 0.4) is 0 Å². The van der Waals surface area contributed by atoms with E-state index in [0.29, 0.717) is 36.2 Å². The molecule has 0 aliphatic carbocycles. The van der Waals surface area contributed by atoms with Crippen LogP contribution in [0.5, 0.6) is 0 Å². The second-order valence-electron chi connectivity index (χ2n) is 6.49. The number of amides is 2. The van der Waals surface area contributed by atoms with Crippen LogP contribution in [0, 0.1) is 6.92 Å². The van der Waals surface area contributed by atoms with E-state index in [-0.39, 0.29) is 17.2 Å². The van der Waals surface area contributed by atoms with Crippen molar-refractivity contribution in [2.75, 3.05) is 13.2 Å². The number of hydrogen-bond acceptors (Lipinski definition) is 7. The number of esters is 1. The number of likely N-dealkylation sites (tertiary alicyclic amines) is 1. The quantitative estimate of drug-likeness (QED) is 0.642. The smallest absolute Gasteiger partial charge is 0.339 e. The van der Waals surface area contributed by atoms with Gasteiger partial charge in [0, 0.05) is 18.5 Å². The minimum atomic E-state index is -0.698. The van der Waals surface area contributed by atoms with Crippen molar-refractivity contribution in [3.63, 3.8) is 0 Å². The van der Waals surface area contributed by atoms with Crippen molar-refractivity contribution < 1.29 is 23.6 Å². The number of carbonyl (C=O) groups is 3. The lowest BCUT2D eigenvalue weighted by atomic mass is 10.1. The maximum Gasteiger partial charge on any atom is 0.339 e. The third kappa shape index (κ3) is 3.24. The highest BCUT2D eigenvalue weighted by atomic mass is 16.5. The van der Waals surface area contributed by atoms with E-state index in [1.165, 1.54) is 0 Å². The van der Waals surface area contributed by atoms with Gasteiger partial charge in [-0.2, -0.15) is 0 Å². The summed E-state index contributed by atoms with van der Waals surface area (Å²) in [5.41, 5.74) is 2.24. The first-order chi connectivity index (χ1) is 13.5. The molecule has 1 aromatic carbocycles. The van der Waals surface area contributed by atoms with E-state index >= 15 is 0 Å². The van der Waals surface area contributed by atoms with Crippen LogP contribution in [-0.4, -0.2) is 46.0 Å². The zero-order valence-electron chi connectivity index (χ0n) is 15.2. The number of ether oxygens (including phenoxy) is 1. The molecule has 1 aliphatic heterocycles. The summed E-state index contributed by atoms with van der Waals surface area (Å²) in [5.74, 6) is -1.46. The fourth-order valence-corrected chi connectivity index (χ4v) is 3.21. The van der Waals surface area contributed by atoms with Crippen LogP contribution in [0.15, 0.2) is 40.9 Å². The van der Waals surface area contributed by atoms with Crippen molar-refractivity contribution in [1.82, 2.24) is 15.0 Å². The maximum absolute atomic E-state index is 12.7. The molecule has 0 spiro atoms. The van der Waals surface area contributed by atoms with Gasteiger partial charge in [-0.3, -0.25) is 14.5 Å². The number of fused-ring (bicyclic) bond motifs is 1. The van der Waals surface area contributed by atoms with Crippen molar-refractivity contribution in [3.05, 3.63) is 47.7 Å². The number of nitrogens with zero attached hydrogens (tertiary/aromatic N) is 3. The number of pyridine rings is 1. The van der Waals surface area contributed by atoms with Crippen LogP contribution in [0.25, 0.3) is 22.4 Å². The predicted molar refractivity (Wildman–Crippen MR) is 98.2 cm³/mol. The molecule has 0 saturated carbocycles. The van der Waals surface area contributed by atoms with Gasteiger partial charge in [0.05, 0.1) is 22.3 Å². The van der Waals surface area contributed by atoms with Crippen molar-refractivity contribution >= 4 is 28.9 Å². The fourth-order valence-electron chi connectivity index (χ4n) is 3.21. The summed E-state index contributed by atoms with van der Waals surface area (Å²) in [7, 11) is 0. The topological polar surface area (TPSA) is 103 Å². The summed E-state index contributed by atoms with van der Waals surface area (Å²) in [6.07, 6.45) is 0.967. The molecule has 8 nitrogen and oxygen atoms in total. The molecule has 0 N–H and O–H groups in total. The van der Waals surface area contributed by atoms with E-state index in [0.717, 1.165) is 10.5 Å². The molecule has 1 saturated heterocycles. The van der Waals surface area contributed by atoms with E-state index in [4.69, 9.17) is 9.26 Å². The lowest BCUT2D eigenvalue weighted by Crippen LogP contribution is -2.35. The first-order valence-electron chi connectivity index (χ1n) is 8.87. The van der Waals surface area contributed by atoms with Gasteiger partial charge in [-0.25, -0.2) is 9.78 Å². The Bertz CT molecular complexity index is 1070.